The summed E-state index contributed by atoms with van der Waals surface area (Å²) in [6.07, 6.45) is 0.690. The van der Waals surface area contributed by atoms with E-state index < -0.39 is 5.91 Å². The number of nitrogens with two attached hydrogens (primary N) is 2. The van der Waals surface area contributed by atoms with Crippen LogP contribution in [0, 0.1) is 0 Å². The van der Waals surface area contributed by atoms with Gasteiger partial charge in [0.05, 0.1) is 11.0 Å². The molecular formula is C14H15N5O. The maximum Gasteiger partial charge on any atom is 0.237 e. The van der Waals surface area contributed by atoms with Gasteiger partial charge in [-0.15, -0.1) is 0 Å². The second-order valence-corrected chi connectivity index (χ2v) is 4.65. The number of rotatable bonds is 3. The van der Waals surface area contributed by atoms with Crippen molar-refractivity contribution in [2.75, 3.05) is 5.73 Å². The molecule has 4 N–H and O–H groups in total. The summed E-state index contributed by atoms with van der Waals surface area (Å²) < 4.78 is 1.83. The number of primary amides is 1. The van der Waals surface area contributed by atoms with E-state index >= 15 is 0 Å². The summed E-state index contributed by atoms with van der Waals surface area (Å²) in [5, 5.41) is 0.921. The van der Waals surface area contributed by atoms with Gasteiger partial charge in [-0.25, -0.2) is 9.97 Å². The number of amides is 1. The molecule has 102 valence electrons. The second kappa shape index (κ2) is 4.48. The summed E-state index contributed by atoms with van der Waals surface area (Å²) in [7, 11) is 0. The van der Waals surface area contributed by atoms with Crippen molar-refractivity contribution in [3.8, 4) is 0 Å². The van der Waals surface area contributed by atoms with Gasteiger partial charge < -0.3 is 16.0 Å². The lowest BCUT2D eigenvalue weighted by Gasteiger charge is -2.07. The fourth-order valence-corrected chi connectivity index (χ4v) is 2.50. The van der Waals surface area contributed by atoms with Crippen LogP contribution >= 0.6 is 0 Å². The van der Waals surface area contributed by atoms with Crippen LogP contribution in [0.15, 0.2) is 24.3 Å². The smallest absolute Gasteiger partial charge is 0.237 e. The number of aryl methyl sites for hydroxylation is 1. The van der Waals surface area contributed by atoms with Crippen LogP contribution in [0.4, 0.5) is 5.82 Å². The third-order valence-corrected chi connectivity index (χ3v) is 3.32. The van der Waals surface area contributed by atoms with Gasteiger partial charge in [-0.2, -0.15) is 0 Å². The summed E-state index contributed by atoms with van der Waals surface area (Å²) in [5.41, 5.74) is 13.6. The minimum Gasteiger partial charge on any atom is -0.382 e. The first-order chi connectivity index (χ1) is 9.61. The van der Waals surface area contributed by atoms with E-state index in [-0.39, 0.29) is 6.54 Å². The Bertz CT molecular complexity index is 821. The van der Waals surface area contributed by atoms with Gasteiger partial charge in [-0.05, 0) is 6.07 Å². The van der Waals surface area contributed by atoms with Crippen LogP contribution in [0.1, 0.15) is 12.7 Å². The molecule has 0 bridgehead atoms. The molecule has 6 heteroatoms. The Morgan fingerprint density at radius 2 is 2.05 bits per heavy atom. The molecule has 2 heterocycles. The molecule has 0 aliphatic carbocycles. The van der Waals surface area contributed by atoms with Crippen LogP contribution in [0.3, 0.4) is 0 Å². The lowest BCUT2D eigenvalue weighted by molar-refractivity contribution is -0.118. The molecule has 0 aliphatic heterocycles. The number of nitrogens with zero attached hydrogens (tertiary/aromatic N) is 3. The Morgan fingerprint density at radius 1 is 1.30 bits per heavy atom. The number of carbonyl (C=O) groups excluding carboxylic acids is 1. The van der Waals surface area contributed by atoms with E-state index in [0.29, 0.717) is 17.8 Å². The summed E-state index contributed by atoms with van der Waals surface area (Å²) in [4.78, 5) is 20.2. The monoisotopic (exact) mass is 269 g/mol. The first-order valence-electron chi connectivity index (χ1n) is 6.43. The average Bonchev–Trinajstić information content (AvgIpc) is 2.78. The van der Waals surface area contributed by atoms with E-state index in [2.05, 4.69) is 9.97 Å². The highest BCUT2D eigenvalue weighted by atomic mass is 16.1. The van der Waals surface area contributed by atoms with Gasteiger partial charge in [0.25, 0.3) is 0 Å². The Morgan fingerprint density at radius 3 is 2.75 bits per heavy atom. The zero-order chi connectivity index (χ0) is 14.3. The van der Waals surface area contributed by atoms with Crippen molar-refractivity contribution in [2.24, 2.45) is 5.73 Å². The number of hydrogen-bond acceptors (Lipinski definition) is 4. The predicted octanol–water partition coefficient (Wildman–Crippen LogP) is 1.21. The average molecular weight is 269 g/mol. The zero-order valence-corrected chi connectivity index (χ0v) is 11.1. The van der Waals surface area contributed by atoms with Gasteiger partial charge >= 0.3 is 0 Å². The Hall–Kier alpha value is -2.63. The van der Waals surface area contributed by atoms with E-state index in [1.54, 1.807) is 0 Å². The highest BCUT2D eigenvalue weighted by Crippen LogP contribution is 2.28. The van der Waals surface area contributed by atoms with Crippen molar-refractivity contribution in [1.29, 1.82) is 0 Å². The molecule has 2 aromatic heterocycles. The van der Waals surface area contributed by atoms with E-state index in [4.69, 9.17) is 11.5 Å². The number of hydrogen-bond donors (Lipinski definition) is 2. The maximum atomic E-state index is 11.3. The molecule has 0 atom stereocenters. The summed E-state index contributed by atoms with van der Waals surface area (Å²) in [6.45, 7) is 2.07. The van der Waals surface area contributed by atoms with E-state index in [1.165, 1.54) is 0 Å². The largest absolute Gasteiger partial charge is 0.382 e. The Kier molecular flexibility index (Phi) is 2.78. The molecule has 0 radical (unpaired) electrons. The number of fused-ring (bicyclic) bond motifs is 3. The van der Waals surface area contributed by atoms with Crippen LogP contribution < -0.4 is 11.5 Å². The molecule has 0 saturated heterocycles. The normalized spacial score (nSPS) is 11.2. The first kappa shape index (κ1) is 12.4. The quantitative estimate of drug-likeness (QED) is 0.746. The third kappa shape index (κ3) is 1.77. The number of pyridine rings is 1. The van der Waals surface area contributed by atoms with Crippen LogP contribution in [-0.2, 0) is 17.8 Å². The second-order valence-electron chi connectivity index (χ2n) is 4.65. The minimum atomic E-state index is -0.404. The van der Waals surface area contributed by atoms with Crippen molar-refractivity contribution in [2.45, 2.75) is 19.9 Å². The number of anilines is 1. The van der Waals surface area contributed by atoms with Gasteiger partial charge in [0.15, 0.2) is 5.82 Å². The van der Waals surface area contributed by atoms with Gasteiger partial charge in [0.1, 0.15) is 17.9 Å². The molecule has 20 heavy (non-hydrogen) atoms. The van der Waals surface area contributed by atoms with Gasteiger partial charge in [0.2, 0.25) is 5.91 Å². The van der Waals surface area contributed by atoms with Crippen molar-refractivity contribution in [3.63, 3.8) is 0 Å². The van der Waals surface area contributed by atoms with Crippen LogP contribution in [0.2, 0.25) is 0 Å². The van der Waals surface area contributed by atoms with Crippen LogP contribution in [0.25, 0.3) is 21.9 Å². The molecule has 3 rings (SSSR count). The molecule has 0 saturated carbocycles. The van der Waals surface area contributed by atoms with Crippen LogP contribution in [-0.4, -0.2) is 20.4 Å². The summed E-state index contributed by atoms with van der Waals surface area (Å²) in [5.74, 6) is 0.749. The summed E-state index contributed by atoms with van der Waals surface area (Å²) in [6, 6.07) is 7.66. The van der Waals surface area contributed by atoms with E-state index in [1.807, 2.05) is 35.8 Å². The standard InChI is InChI=1S/C14H15N5O/c1-2-11-18-12-13(19(11)7-10(15)20)8-5-3-4-6-9(8)17-14(12)16/h3-6H,2,7H2,1H3,(H2,15,20)(H2,16,17). The maximum absolute atomic E-state index is 11.3. The van der Waals surface area contributed by atoms with Crippen molar-refractivity contribution >= 4 is 33.7 Å². The fourth-order valence-electron chi connectivity index (χ4n) is 2.50. The SMILES string of the molecule is CCc1nc2c(N)nc3ccccc3c2n1CC(N)=O. The molecule has 6 nitrogen and oxygen atoms in total. The topological polar surface area (TPSA) is 99.8 Å². The summed E-state index contributed by atoms with van der Waals surface area (Å²) >= 11 is 0. The molecule has 0 unspecified atom stereocenters. The van der Waals surface area contributed by atoms with Gasteiger partial charge in [0, 0.05) is 11.8 Å². The first-order valence-corrected chi connectivity index (χ1v) is 6.43. The molecular weight excluding hydrogens is 254 g/mol. The van der Waals surface area contributed by atoms with Gasteiger partial charge in [-0.1, -0.05) is 25.1 Å². The van der Waals surface area contributed by atoms with Crippen molar-refractivity contribution in [3.05, 3.63) is 30.1 Å². The number of nitrogen functional groups attached to an aromatic ring is 1. The molecule has 0 fully saturated rings. The highest BCUT2D eigenvalue weighted by Gasteiger charge is 2.17. The Labute approximate surface area is 115 Å². The van der Waals surface area contributed by atoms with E-state index in [9.17, 15) is 4.79 Å². The van der Waals surface area contributed by atoms with E-state index in [0.717, 1.165) is 22.2 Å². The molecule has 0 spiro atoms. The lowest BCUT2D eigenvalue weighted by Crippen LogP contribution is -2.20. The number of imidazole rings is 1. The van der Waals surface area contributed by atoms with Gasteiger partial charge in [-0.3, -0.25) is 4.79 Å². The lowest BCUT2D eigenvalue weighted by atomic mass is 10.2. The molecule has 3 aromatic rings. The predicted molar refractivity (Wildman–Crippen MR) is 78.0 cm³/mol. The molecule has 1 amide bonds. The number of aromatic nitrogens is 3. The third-order valence-electron chi connectivity index (χ3n) is 3.32. The number of benzene rings is 1. The highest BCUT2D eigenvalue weighted by molar-refractivity contribution is 6.06. The molecule has 0 aliphatic rings. The van der Waals surface area contributed by atoms with Crippen molar-refractivity contribution in [1.82, 2.24) is 14.5 Å². The number of para-hydroxylation sites is 1. The van der Waals surface area contributed by atoms with Crippen LogP contribution in [0.5, 0.6) is 0 Å². The Balaban J connectivity index is 2.48. The number of carbonyl (C=O) groups is 1. The molecule has 1 aromatic carbocycles. The van der Waals surface area contributed by atoms with Crippen molar-refractivity contribution < 1.29 is 4.79 Å². The zero-order valence-electron chi connectivity index (χ0n) is 11.1. The fraction of sp³-hybridized carbons (Fsp3) is 0.214. The minimum absolute atomic E-state index is 0.0904.